The van der Waals surface area contributed by atoms with Gasteiger partial charge in [-0.2, -0.15) is 5.26 Å². The standard InChI is InChI=1S/C11H9ClN2S/c12-6-2-1-3-9-7-10(15-8-13)4-5-11(9)14/h4-5,7H,2,6,14H2. The third kappa shape index (κ3) is 3.75. The summed E-state index contributed by atoms with van der Waals surface area (Å²) in [4.78, 5) is 0.849. The number of thiocyanates is 1. The van der Waals surface area contributed by atoms with Crippen molar-refractivity contribution in [2.75, 3.05) is 11.6 Å². The first-order valence-electron chi connectivity index (χ1n) is 4.28. The predicted octanol–water partition coefficient (Wildman–Crippen LogP) is 2.82. The van der Waals surface area contributed by atoms with Gasteiger partial charge < -0.3 is 5.73 Å². The molecule has 0 saturated heterocycles. The fourth-order valence-electron chi connectivity index (χ4n) is 0.965. The lowest BCUT2D eigenvalue weighted by atomic mass is 10.2. The van der Waals surface area contributed by atoms with Crippen LogP contribution in [0.2, 0.25) is 0 Å². The summed E-state index contributed by atoms with van der Waals surface area (Å²) >= 11 is 6.60. The van der Waals surface area contributed by atoms with Crippen molar-refractivity contribution in [3.05, 3.63) is 23.8 Å². The van der Waals surface area contributed by atoms with E-state index >= 15 is 0 Å². The molecule has 15 heavy (non-hydrogen) atoms. The minimum atomic E-state index is 0.513. The summed E-state index contributed by atoms with van der Waals surface area (Å²) < 4.78 is 0. The Morgan fingerprint density at radius 3 is 2.93 bits per heavy atom. The van der Waals surface area contributed by atoms with Gasteiger partial charge in [0, 0.05) is 28.4 Å². The molecule has 0 saturated carbocycles. The molecule has 1 aromatic carbocycles. The fraction of sp³-hybridized carbons (Fsp3) is 0.182. The molecule has 0 aliphatic rings. The maximum absolute atomic E-state index is 8.52. The number of hydrogen-bond donors (Lipinski definition) is 1. The van der Waals surface area contributed by atoms with Gasteiger partial charge in [0.05, 0.1) is 0 Å². The zero-order valence-electron chi connectivity index (χ0n) is 7.96. The summed E-state index contributed by atoms with van der Waals surface area (Å²) in [6.45, 7) is 0. The van der Waals surface area contributed by atoms with Gasteiger partial charge in [0.15, 0.2) is 0 Å². The molecule has 76 valence electrons. The van der Waals surface area contributed by atoms with Crippen LogP contribution in [0.4, 0.5) is 5.69 Å². The Kier molecular flexibility index (Phi) is 4.90. The number of anilines is 1. The fourth-order valence-corrected chi connectivity index (χ4v) is 1.48. The van der Waals surface area contributed by atoms with Crippen LogP contribution in [0.25, 0.3) is 0 Å². The molecule has 0 unspecified atom stereocenters. The highest BCUT2D eigenvalue weighted by Crippen LogP contribution is 2.21. The molecule has 0 radical (unpaired) electrons. The van der Waals surface area contributed by atoms with E-state index in [0.29, 0.717) is 18.0 Å². The third-order valence-corrected chi connectivity index (χ3v) is 2.40. The van der Waals surface area contributed by atoms with Gasteiger partial charge in [0.1, 0.15) is 5.40 Å². The highest BCUT2D eigenvalue weighted by atomic mass is 35.5. The zero-order chi connectivity index (χ0) is 11.1. The molecule has 1 aromatic rings. The normalized spacial score (nSPS) is 8.80. The van der Waals surface area contributed by atoms with Crippen LogP contribution >= 0.6 is 23.4 Å². The number of nitriles is 1. The van der Waals surface area contributed by atoms with Crippen molar-refractivity contribution in [3.8, 4) is 17.2 Å². The second-order valence-corrected chi connectivity index (χ2v) is 3.92. The van der Waals surface area contributed by atoms with Crippen LogP contribution < -0.4 is 5.73 Å². The van der Waals surface area contributed by atoms with Crippen molar-refractivity contribution in [3.63, 3.8) is 0 Å². The minimum absolute atomic E-state index is 0.513. The van der Waals surface area contributed by atoms with Gasteiger partial charge in [0.2, 0.25) is 0 Å². The van der Waals surface area contributed by atoms with E-state index < -0.39 is 0 Å². The molecule has 0 bridgehead atoms. The third-order valence-electron chi connectivity index (χ3n) is 1.63. The van der Waals surface area contributed by atoms with Gasteiger partial charge in [0.25, 0.3) is 0 Å². The first-order valence-corrected chi connectivity index (χ1v) is 5.63. The van der Waals surface area contributed by atoms with E-state index in [0.717, 1.165) is 22.2 Å². The van der Waals surface area contributed by atoms with Gasteiger partial charge in [-0.3, -0.25) is 0 Å². The maximum atomic E-state index is 8.52. The Balaban J connectivity index is 2.92. The number of alkyl halides is 1. The molecule has 0 fully saturated rings. The highest BCUT2D eigenvalue weighted by Gasteiger charge is 1.98. The van der Waals surface area contributed by atoms with Crippen molar-refractivity contribution in [1.82, 2.24) is 0 Å². The zero-order valence-corrected chi connectivity index (χ0v) is 9.53. The van der Waals surface area contributed by atoms with E-state index in [1.165, 1.54) is 0 Å². The SMILES string of the molecule is N#CSc1ccc(N)c(C#CCCCl)c1. The number of hydrogen-bond acceptors (Lipinski definition) is 3. The Morgan fingerprint density at radius 1 is 1.47 bits per heavy atom. The van der Waals surface area contributed by atoms with Gasteiger partial charge in [-0.25, -0.2) is 0 Å². The van der Waals surface area contributed by atoms with E-state index in [9.17, 15) is 0 Å². The molecule has 0 aliphatic carbocycles. The van der Waals surface area contributed by atoms with E-state index in [1.807, 2.05) is 11.5 Å². The second kappa shape index (κ2) is 6.24. The van der Waals surface area contributed by atoms with Gasteiger partial charge in [-0.1, -0.05) is 11.8 Å². The summed E-state index contributed by atoms with van der Waals surface area (Å²) in [6, 6.07) is 5.37. The summed E-state index contributed by atoms with van der Waals surface area (Å²) in [7, 11) is 0. The van der Waals surface area contributed by atoms with Crippen LogP contribution in [0.1, 0.15) is 12.0 Å². The number of thioether (sulfide) groups is 1. The number of nitrogens with zero attached hydrogens (tertiary/aromatic N) is 1. The topological polar surface area (TPSA) is 49.8 Å². The van der Waals surface area contributed by atoms with Crippen LogP contribution in [0.3, 0.4) is 0 Å². The molecule has 4 heteroatoms. The Bertz CT molecular complexity index is 440. The lowest BCUT2D eigenvalue weighted by Gasteiger charge is -1.99. The molecule has 0 amide bonds. The molecule has 0 aliphatic heterocycles. The Morgan fingerprint density at radius 2 is 2.27 bits per heavy atom. The molecule has 0 heterocycles. The van der Waals surface area contributed by atoms with Gasteiger partial charge >= 0.3 is 0 Å². The van der Waals surface area contributed by atoms with Crippen LogP contribution in [0, 0.1) is 22.5 Å². The van der Waals surface area contributed by atoms with Crippen molar-refractivity contribution in [2.45, 2.75) is 11.3 Å². The van der Waals surface area contributed by atoms with Gasteiger partial charge in [-0.05, 0) is 30.0 Å². The quantitative estimate of drug-likeness (QED) is 0.282. The summed E-state index contributed by atoms with van der Waals surface area (Å²) in [5.74, 6) is 6.35. The monoisotopic (exact) mass is 236 g/mol. The predicted molar refractivity (Wildman–Crippen MR) is 64.5 cm³/mol. The number of nitrogens with two attached hydrogens (primary N) is 1. The summed E-state index contributed by atoms with van der Waals surface area (Å²) in [6.07, 6.45) is 0.636. The number of rotatable bonds is 2. The highest BCUT2D eigenvalue weighted by molar-refractivity contribution is 8.03. The Labute approximate surface area is 98.4 Å². The summed E-state index contributed by atoms with van der Waals surface area (Å²) in [5.41, 5.74) is 7.11. The van der Waals surface area contributed by atoms with E-state index in [4.69, 9.17) is 22.6 Å². The van der Waals surface area contributed by atoms with Crippen LogP contribution in [0.15, 0.2) is 23.1 Å². The molecule has 2 nitrogen and oxygen atoms in total. The smallest absolute Gasteiger partial charge is 0.138 e. The van der Waals surface area contributed by atoms with Crippen molar-refractivity contribution < 1.29 is 0 Å². The van der Waals surface area contributed by atoms with Crippen LogP contribution in [-0.2, 0) is 0 Å². The molecular formula is C11H9ClN2S. The summed E-state index contributed by atoms with van der Waals surface area (Å²) in [5, 5.41) is 10.5. The van der Waals surface area contributed by atoms with Crippen molar-refractivity contribution in [1.29, 1.82) is 5.26 Å². The largest absolute Gasteiger partial charge is 0.398 e. The first kappa shape index (κ1) is 11.8. The first-order chi connectivity index (χ1) is 7.27. The minimum Gasteiger partial charge on any atom is -0.398 e. The molecule has 2 N–H and O–H groups in total. The van der Waals surface area contributed by atoms with Crippen LogP contribution in [0.5, 0.6) is 0 Å². The molecular weight excluding hydrogens is 228 g/mol. The number of nitrogen functional groups attached to an aromatic ring is 1. The van der Waals surface area contributed by atoms with Gasteiger partial charge in [-0.15, -0.1) is 11.6 Å². The molecule has 1 rings (SSSR count). The lowest BCUT2D eigenvalue weighted by Crippen LogP contribution is -1.90. The number of benzene rings is 1. The molecule has 0 atom stereocenters. The second-order valence-electron chi connectivity index (χ2n) is 2.68. The Hall–Kier alpha value is -1.29. The molecule has 0 aromatic heterocycles. The van der Waals surface area contributed by atoms with Crippen molar-refractivity contribution in [2.24, 2.45) is 0 Å². The lowest BCUT2D eigenvalue weighted by molar-refractivity contribution is 1.29. The van der Waals surface area contributed by atoms with E-state index in [2.05, 4.69) is 11.8 Å². The average molecular weight is 237 g/mol. The average Bonchev–Trinajstić information content (AvgIpc) is 2.23. The van der Waals surface area contributed by atoms with E-state index in [1.54, 1.807) is 12.1 Å². The number of halogens is 1. The van der Waals surface area contributed by atoms with E-state index in [-0.39, 0.29) is 0 Å². The molecule has 0 spiro atoms. The maximum Gasteiger partial charge on any atom is 0.138 e. The van der Waals surface area contributed by atoms with Crippen LogP contribution in [-0.4, -0.2) is 5.88 Å². The van der Waals surface area contributed by atoms with Crippen molar-refractivity contribution >= 4 is 29.1 Å².